The summed E-state index contributed by atoms with van der Waals surface area (Å²) in [6, 6.07) is 20.0. The van der Waals surface area contributed by atoms with Crippen molar-refractivity contribution in [1.29, 1.82) is 0 Å². The summed E-state index contributed by atoms with van der Waals surface area (Å²) in [5, 5.41) is 0. The van der Waals surface area contributed by atoms with Crippen LogP contribution in [0.5, 0.6) is 0 Å². The van der Waals surface area contributed by atoms with Crippen LogP contribution in [0.2, 0.25) is 0 Å². The van der Waals surface area contributed by atoms with Gasteiger partial charge in [-0.1, -0.05) is 62.4 Å². The van der Waals surface area contributed by atoms with Crippen molar-refractivity contribution in [2.75, 3.05) is 31.1 Å². The highest BCUT2D eigenvalue weighted by atomic mass is 16.2. The summed E-state index contributed by atoms with van der Waals surface area (Å²) < 4.78 is 0. The number of carbonyl (C=O) groups excluding carboxylic acids is 1. The Morgan fingerprint density at radius 2 is 1.57 bits per heavy atom. The van der Waals surface area contributed by atoms with Crippen molar-refractivity contribution in [3.05, 3.63) is 77.7 Å². The van der Waals surface area contributed by atoms with Crippen LogP contribution in [0.4, 0.5) is 5.82 Å². The standard InChI is InChI=1S/C25H28N4O/c1-18(2)24-26-19(3)17-23(27-24)28-13-15-29(16-14-28)25(30)22-12-8-7-11-21(22)20-9-5-4-6-10-20/h4-12,17-18H,13-16H2,1-3H3. The number of rotatable bonds is 4. The highest BCUT2D eigenvalue weighted by molar-refractivity contribution is 6.01. The van der Waals surface area contributed by atoms with Gasteiger partial charge in [-0.3, -0.25) is 4.79 Å². The van der Waals surface area contributed by atoms with E-state index in [1.165, 1.54) is 0 Å². The summed E-state index contributed by atoms with van der Waals surface area (Å²) >= 11 is 0. The Kier molecular flexibility index (Phi) is 5.79. The summed E-state index contributed by atoms with van der Waals surface area (Å²) in [6.07, 6.45) is 0. The van der Waals surface area contributed by atoms with E-state index in [9.17, 15) is 4.79 Å². The zero-order chi connectivity index (χ0) is 21.1. The van der Waals surface area contributed by atoms with Crippen molar-refractivity contribution in [1.82, 2.24) is 14.9 Å². The first-order valence-corrected chi connectivity index (χ1v) is 10.6. The van der Waals surface area contributed by atoms with Crippen LogP contribution >= 0.6 is 0 Å². The van der Waals surface area contributed by atoms with E-state index in [0.717, 1.165) is 47.1 Å². The number of benzene rings is 2. The topological polar surface area (TPSA) is 49.3 Å². The quantitative estimate of drug-likeness (QED) is 0.645. The summed E-state index contributed by atoms with van der Waals surface area (Å²) in [4.78, 5) is 26.8. The average molecular weight is 401 g/mol. The van der Waals surface area contributed by atoms with Crippen molar-refractivity contribution in [3.8, 4) is 11.1 Å². The molecule has 0 atom stereocenters. The minimum atomic E-state index is 0.0934. The zero-order valence-corrected chi connectivity index (χ0v) is 17.9. The van der Waals surface area contributed by atoms with Crippen LogP contribution in [0.15, 0.2) is 60.7 Å². The van der Waals surface area contributed by atoms with E-state index in [1.807, 2.05) is 72.5 Å². The molecule has 0 saturated carbocycles. The number of carbonyl (C=O) groups is 1. The van der Waals surface area contributed by atoms with Crippen molar-refractivity contribution in [2.24, 2.45) is 0 Å². The molecule has 1 aromatic heterocycles. The van der Waals surface area contributed by atoms with E-state index < -0.39 is 0 Å². The Morgan fingerprint density at radius 1 is 0.900 bits per heavy atom. The van der Waals surface area contributed by atoms with Gasteiger partial charge in [0.1, 0.15) is 11.6 Å². The van der Waals surface area contributed by atoms with Gasteiger partial charge >= 0.3 is 0 Å². The van der Waals surface area contributed by atoms with Crippen LogP contribution < -0.4 is 4.90 Å². The molecular weight excluding hydrogens is 372 g/mol. The molecule has 1 amide bonds. The number of hydrogen-bond donors (Lipinski definition) is 0. The van der Waals surface area contributed by atoms with E-state index in [2.05, 4.69) is 23.7 Å². The number of anilines is 1. The molecule has 0 aliphatic carbocycles. The predicted molar refractivity (Wildman–Crippen MR) is 121 cm³/mol. The summed E-state index contributed by atoms with van der Waals surface area (Å²) in [7, 11) is 0. The van der Waals surface area contributed by atoms with Gasteiger partial charge in [-0.15, -0.1) is 0 Å². The van der Waals surface area contributed by atoms with Gasteiger partial charge in [0.2, 0.25) is 0 Å². The Morgan fingerprint density at radius 3 is 2.27 bits per heavy atom. The summed E-state index contributed by atoms with van der Waals surface area (Å²) in [5.74, 6) is 2.22. The number of amides is 1. The lowest BCUT2D eigenvalue weighted by Gasteiger charge is -2.36. The first kappa shape index (κ1) is 20.1. The molecule has 0 radical (unpaired) electrons. The van der Waals surface area contributed by atoms with Crippen LogP contribution in [-0.2, 0) is 0 Å². The number of nitrogens with zero attached hydrogens (tertiary/aromatic N) is 4. The summed E-state index contributed by atoms with van der Waals surface area (Å²) in [6.45, 7) is 9.14. The van der Waals surface area contributed by atoms with Gasteiger partial charge in [-0.2, -0.15) is 0 Å². The van der Waals surface area contributed by atoms with Crippen molar-refractivity contribution in [3.63, 3.8) is 0 Å². The molecule has 0 N–H and O–H groups in total. The molecule has 154 valence electrons. The number of piperazine rings is 1. The SMILES string of the molecule is Cc1cc(N2CCN(C(=O)c3ccccc3-c3ccccc3)CC2)nc(C(C)C)n1. The maximum absolute atomic E-state index is 13.3. The van der Waals surface area contributed by atoms with E-state index in [0.29, 0.717) is 19.0 Å². The van der Waals surface area contributed by atoms with Crippen LogP contribution in [0.25, 0.3) is 11.1 Å². The van der Waals surface area contributed by atoms with Gasteiger partial charge in [-0.05, 0) is 24.1 Å². The maximum Gasteiger partial charge on any atom is 0.254 e. The number of hydrogen-bond acceptors (Lipinski definition) is 4. The smallest absolute Gasteiger partial charge is 0.254 e. The minimum absolute atomic E-state index is 0.0934. The average Bonchev–Trinajstić information content (AvgIpc) is 2.79. The highest BCUT2D eigenvalue weighted by Crippen LogP contribution is 2.25. The molecule has 1 fully saturated rings. The Hall–Kier alpha value is -3.21. The molecule has 1 saturated heterocycles. The molecule has 0 bridgehead atoms. The Labute approximate surface area is 178 Å². The fourth-order valence-electron chi connectivity index (χ4n) is 3.84. The van der Waals surface area contributed by atoms with Crippen molar-refractivity contribution < 1.29 is 4.79 Å². The second-order valence-corrected chi connectivity index (χ2v) is 8.07. The predicted octanol–water partition coefficient (Wildman–Crippen LogP) is 4.54. The number of aryl methyl sites for hydroxylation is 1. The molecule has 2 heterocycles. The molecule has 30 heavy (non-hydrogen) atoms. The largest absolute Gasteiger partial charge is 0.353 e. The molecule has 0 unspecified atom stereocenters. The molecule has 1 aliphatic heterocycles. The third-order valence-corrected chi connectivity index (χ3v) is 5.51. The van der Waals surface area contributed by atoms with Gasteiger partial charge in [0.15, 0.2) is 0 Å². The molecule has 5 heteroatoms. The first-order chi connectivity index (χ1) is 14.5. The van der Waals surface area contributed by atoms with Crippen molar-refractivity contribution >= 4 is 11.7 Å². The Bertz CT molecular complexity index is 1020. The van der Waals surface area contributed by atoms with Gasteiger partial charge in [0, 0.05) is 49.4 Å². The van der Waals surface area contributed by atoms with Crippen LogP contribution in [-0.4, -0.2) is 47.0 Å². The van der Waals surface area contributed by atoms with Crippen LogP contribution in [0.1, 0.15) is 41.6 Å². The van der Waals surface area contributed by atoms with Gasteiger partial charge in [0.25, 0.3) is 5.91 Å². The first-order valence-electron chi connectivity index (χ1n) is 10.6. The molecule has 2 aromatic carbocycles. The van der Waals surface area contributed by atoms with E-state index in [-0.39, 0.29) is 5.91 Å². The third-order valence-electron chi connectivity index (χ3n) is 5.51. The molecular formula is C25H28N4O. The third kappa shape index (κ3) is 4.20. The van der Waals surface area contributed by atoms with Gasteiger partial charge < -0.3 is 9.80 Å². The lowest BCUT2D eigenvalue weighted by atomic mass is 9.98. The van der Waals surface area contributed by atoms with Gasteiger partial charge in [-0.25, -0.2) is 9.97 Å². The molecule has 5 nitrogen and oxygen atoms in total. The van der Waals surface area contributed by atoms with Gasteiger partial charge in [0.05, 0.1) is 0 Å². The lowest BCUT2D eigenvalue weighted by Crippen LogP contribution is -2.49. The molecule has 4 rings (SSSR count). The second kappa shape index (κ2) is 8.66. The van der Waals surface area contributed by atoms with Crippen molar-refractivity contribution in [2.45, 2.75) is 26.7 Å². The maximum atomic E-state index is 13.3. The fraction of sp³-hybridized carbons (Fsp3) is 0.320. The monoisotopic (exact) mass is 400 g/mol. The van der Waals surface area contributed by atoms with E-state index >= 15 is 0 Å². The molecule has 3 aromatic rings. The fourth-order valence-corrected chi connectivity index (χ4v) is 3.84. The second-order valence-electron chi connectivity index (χ2n) is 8.07. The lowest BCUT2D eigenvalue weighted by molar-refractivity contribution is 0.0747. The van der Waals surface area contributed by atoms with E-state index in [1.54, 1.807) is 0 Å². The van der Waals surface area contributed by atoms with Crippen LogP contribution in [0, 0.1) is 6.92 Å². The van der Waals surface area contributed by atoms with E-state index in [4.69, 9.17) is 4.98 Å². The summed E-state index contributed by atoms with van der Waals surface area (Å²) in [5.41, 5.74) is 3.80. The molecule has 1 aliphatic rings. The minimum Gasteiger partial charge on any atom is -0.353 e. The van der Waals surface area contributed by atoms with Crippen LogP contribution in [0.3, 0.4) is 0 Å². The highest BCUT2D eigenvalue weighted by Gasteiger charge is 2.25. The normalized spacial score (nSPS) is 14.3. The number of aromatic nitrogens is 2. The Balaban J connectivity index is 1.50. The zero-order valence-electron chi connectivity index (χ0n) is 17.9. The molecule has 0 spiro atoms.